The second-order valence-corrected chi connectivity index (χ2v) is 5.09. The second kappa shape index (κ2) is 6.68. The second-order valence-electron chi connectivity index (χ2n) is 5.09. The third-order valence-corrected chi connectivity index (χ3v) is 3.71. The smallest absolute Gasteiger partial charge is 0.145 e. The van der Waals surface area contributed by atoms with Crippen LogP contribution in [0.4, 0.5) is 11.6 Å². The molecule has 1 aliphatic heterocycles. The summed E-state index contributed by atoms with van der Waals surface area (Å²) < 4.78 is 0. The van der Waals surface area contributed by atoms with Crippen LogP contribution in [0, 0.1) is 12.8 Å². The lowest BCUT2D eigenvalue weighted by atomic mass is 9.97. The lowest BCUT2D eigenvalue weighted by Gasteiger charge is -2.31. The molecule has 0 atom stereocenters. The number of aromatic nitrogens is 2. The van der Waals surface area contributed by atoms with Crippen molar-refractivity contribution in [3.63, 3.8) is 0 Å². The Balaban J connectivity index is 1.84. The van der Waals surface area contributed by atoms with Crippen LogP contribution in [0.5, 0.6) is 0 Å². The summed E-state index contributed by atoms with van der Waals surface area (Å²) in [7, 11) is 0. The van der Waals surface area contributed by atoms with Crippen molar-refractivity contribution in [1.29, 1.82) is 0 Å². The molecule has 0 radical (unpaired) electrons. The number of likely N-dealkylation sites (tertiary alicyclic amines) is 1. The van der Waals surface area contributed by atoms with Crippen LogP contribution in [0.2, 0.25) is 0 Å². The summed E-state index contributed by atoms with van der Waals surface area (Å²) in [6.07, 6.45) is 2.51. The average molecular weight is 264 g/mol. The number of nitrogens with two attached hydrogens (primary N) is 1. The van der Waals surface area contributed by atoms with Gasteiger partial charge in [-0.15, -0.1) is 0 Å². The number of hydrogen-bond acceptors (Lipinski definition) is 6. The topological polar surface area (TPSA) is 79.1 Å². The normalized spacial score (nSPS) is 17.4. The molecule has 1 aliphatic rings. The Morgan fingerprint density at radius 3 is 2.63 bits per heavy atom. The Morgan fingerprint density at radius 1 is 1.32 bits per heavy atom. The van der Waals surface area contributed by atoms with E-state index in [1.54, 1.807) is 0 Å². The summed E-state index contributed by atoms with van der Waals surface area (Å²) in [5, 5.41) is 3.40. The van der Waals surface area contributed by atoms with Gasteiger partial charge in [-0.1, -0.05) is 6.92 Å². The number of anilines is 2. The molecular weight excluding hydrogens is 240 g/mol. The first-order valence-electron chi connectivity index (χ1n) is 6.99. The highest BCUT2D eigenvalue weighted by Gasteiger charge is 2.17. The van der Waals surface area contributed by atoms with Gasteiger partial charge in [-0.05, 0) is 45.3 Å². The Morgan fingerprint density at radius 2 is 2.00 bits per heavy atom. The number of rotatable bonds is 5. The minimum absolute atomic E-state index is 0.649. The highest BCUT2D eigenvalue weighted by Crippen LogP contribution is 2.18. The predicted molar refractivity (Wildman–Crippen MR) is 77.9 cm³/mol. The third-order valence-electron chi connectivity index (χ3n) is 3.71. The quantitative estimate of drug-likeness (QED) is 0.548. The number of nitrogen functional groups attached to an aromatic ring is 1. The fourth-order valence-electron chi connectivity index (χ4n) is 2.49. The summed E-state index contributed by atoms with van der Waals surface area (Å²) in [5.74, 6) is 8.33. The molecule has 1 aromatic heterocycles. The maximum absolute atomic E-state index is 5.38. The van der Waals surface area contributed by atoms with Gasteiger partial charge in [0.2, 0.25) is 0 Å². The fraction of sp³-hybridized carbons (Fsp3) is 0.692. The van der Waals surface area contributed by atoms with E-state index < -0.39 is 0 Å². The highest BCUT2D eigenvalue weighted by molar-refractivity contribution is 5.46. The maximum atomic E-state index is 5.38. The van der Waals surface area contributed by atoms with Crippen molar-refractivity contribution in [2.75, 3.05) is 36.9 Å². The molecule has 1 fully saturated rings. The lowest BCUT2D eigenvalue weighted by molar-refractivity contribution is 0.198. The van der Waals surface area contributed by atoms with Gasteiger partial charge in [0.1, 0.15) is 17.5 Å². The van der Waals surface area contributed by atoms with Crippen molar-refractivity contribution in [3.05, 3.63) is 11.9 Å². The number of piperidine rings is 1. The maximum Gasteiger partial charge on any atom is 0.145 e. The van der Waals surface area contributed by atoms with Crippen LogP contribution < -0.4 is 16.6 Å². The van der Waals surface area contributed by atoms with E-state index in [-0.39, 0.29) is 0 Å². The van der Waals surface area contributed by atoms with Gasteiger partial charge in [0.05, 0.1) is 0 Å². The van der Waals surface area contributed by atoms with Crippen LogP contribution in [-0.4, -0.2) is 41.0 Å². The summed E-state index contributed by atoms with van der Waals surface area (Å²) >= 11 is 0. The van der Waals surface area contributed by atoms with E-state index in [2.05, 4.69) is 32.5 Å². The van der Waals surface area contributed by atoms with Crippen LogP contribution in [0.25, 0.3) is 0 Å². The van der Waals surface area contributed by atoms with E-state index in [0.717, 1.165) is 30.6 Å². The zero-order valence-corrected chi connectivity index (χ0v) is 11.8. The van der Waals surface area contributed by atoms with Gasteiger partial charge < -0.3 is 15.6 Å². The molecule has 6 nitrogen and oxygen atoms in total. The molecule has 0 amide bonds. The lowest BCUT2D eigenvalue weighted by Crippen LogP contribution is -2.35. The van der Waals surface area contributed by atoms with Gasteiger partial charge in [0, 0.05) is 12.6 Å². The van der Waals surface area contributed by atoms with Crippen LogP contribution in [-0.2, 0) is 0 Å². The largest absolute Gasteiger partial charge is 0.370 e. The number of hydrazine groups is 1. The SMILES string of the molecule is CCN1CCC(CNc2cc(NN)nc(C)n2)CC1. The molecule has 1 aromatic rings. The first-order valence-corrected chi connectivity index (χ1v) is 6.99. The van der Waals surface area contributed by atoms with Gasteiger partial charge in [-0.2, -0.15) is 0 Å². The molecule has 4 N–H and O–H groups in total. The van der Waals surface area contributed by atoms with E-state index >= 15 is 0 Å². The van der Waals surface area contributed by atoms with Crippen molar-refractivity contribution >= 4 is 11.6 Å². The molecule has 0 saturated carbocycles. The average Bonchev–Trinajstić information content (AvgIpc) is 2.45. The summed E-state index contributed by atoms with van der Waals surface area (Å²) in [6, 6.07) is 1.84. The summed E-state index contributed by atoms with van der Waals surface area (Å²) in [4.78, 5) is 11.0. The van der Waals surface area contributed by atoms with Gasteiger partial charge in [-0.25, -0.2) is 15.8 Å². The molecule has 0 bridgehead atoms. The fourth-order valence-corrected chi connectivity index (χ4v) is 2.49. The van der Waals surface area contributed by atoms with Gasteiger partial charge >= 0.3 is 0 Å². The van der Waals surface area contributed by atoms with Crippen molar-refractivity contribution in [2.45, 2.75) is 26.7 Å². The molecule has 0 unspecified atom stereocenters. The first kappa shape index (κ1) is 14.0. The standard InChI is InChI=1S/C13H24N6/c1-3-19-6-4-11(5-7-19)9-15-12-8-13(18-14)17-10(2)16-12/h8,11H,3-7,9,14H2,1-2H3,(H2,15,16,17,18). The minimum atomic E-state index is 0.649. The molecule has 0 aliphatic carbocycles. The zero-order valence-electron chi connectivity index (χ0n) is 11.8. The van der Waals surface area contributed by atoms with Crippen molar-refractivity contribution in [3.8, 4) is 0 Å². The highest BCUT2D eigenvalue weighted by atomic mass is 15.3. The molecule has 106 valence electrons. The number of nitrogens with zero attached hydrogens (tertiary/aromatic N) is 3. The Bertz CT molecular complexity index is 400. The molecule has 0 aromatic carbocycles. The molecular formula is C13H24N6. The van der Waals surface area contributed by atoms with Crippen LogP contribution in [0.15, 0.2) is 6.07 Å². The van der Waals surface area contributed by atoms with E-state index in [0.29, 0.717) is 5.82 Å². The van der Waals surface area contributed by atoms with E-state index in [4.69, 9.17) is 5.84 Å². The van der Waals surface area contributed by atoms with Crippen molar-refractivity contribution in [2.24, 2.45) is 11.8 Å². The van der Waals surface area contributed by atoms with Crippen LogP contribution in [0.3, 0.4) is 0 Å². The van der Waals surface area contributed by atoms with Crippen molar-refractivity contribution in [1.82, 2.24) is 14.9 Å². The Labute approximate surface area is 114 Å². The van der Waals surface area contributed by atoms with Gasteiger partial charge in [0.15, 0.2) is 0 Å². The van der Waals surface area contributed by atoms with Crippen molar-refractivity contribution < 1.29 is 0 Å². The first-order chi connectivity index (χ1) is 9.21. The number of aryl methyl sites for hydroxylation is 1. The van der Waals surface area contributed by atoms with E-state index in [1.165, 1.54) is 25.9 Å². The molecule has 2 heterocycles. The Hall–Kier alpha value is -1.40. The van der Waals surface area contributed by atoms with Crippen LogP contribution >= 0.6 is 0 Å². The third kappa shape index (κ3) is 4.04. The summed E-state index contributed by atoms with van der Waals surface area (Å²) in [6.45, 7) is 8.65. The molecule has 0 spiro atoms. The zero-order chi connectivity index (χ0) is 13.7. The minimum Gasteiger partial charge on any atom is -0.370 e. The van der Waals surface area contributed by atoms with E-state index in [1.807, 2.05) is 13.0 Å². The number of nitrogens with one attached hydrogen (secondary N) is 2. The van der Waals surface area contributed by atoms with Crippen LogP contribution in [0.1, 0.15) is 25.6 Å². The van der Waals surface area contributed by atoms with Gasteiger partial charge in [-0.3, -0.25) is 0 Å². The molecule has 19 heavy (non-hydrogen) atoms. The summed E-state index contributed by atoms with van der Waals surface area (Å²) in [5.41, 5.74) is 2.56. The molecule has 6 heteroatoms. The van der Waals surface area contributed by atoms with E-state index in [9.17, 15) is 0 Å². The van der Waals surface area contributed by atoms with Gasteiger partial charge in [0.25, 0.3) is 0 Å². The molecule has 2 rings (SSSR count). The Kier molecular flexibility index (Phi) is 4.93. The number of hydrogen-bond donors (Lipinski definition) is 3. The monoisotopic (exact) mass is 264 g/mol. The predicted octanol–water partition coefficient (Wildman–Crippen LogP) is 1.21. The molecule has 1 saturated heterocycles.